The third-order valence-electron chi connectivity index (χ3n) is 5.41. The molecule has 0 bridgehead atoms. The Bertz CT molecular complexity index is 1650. The molecule has 0 atom stereocenters. The number of rotatable bonds is 9. The number of nitrogens with zero attached hydrogens (tertiary/aromatic N) is 2. The number of unbranched alkanes of at least 4 members (excludes halogenated alkanes) is 2. The average Bonchev–Trinajstić information content (AvgIpc) is 3.22. The Morgan fingerprint density at radius 2 is 1.59 bits per heavy atom. The van der Waals surface area contributed by atoms with E-state index in [1.165, 1.54) is 6.07 Å². The number of carboxylic acids is 1. The van der Waals surface area contributed by atoms with E-state index in [0.717, 1.165) is 31.0 Å². The summed E-state index contributed by atoms with van der Waals surface area (Å²) in [6.45, 7) is 0.648. The maximum Gasteiger partial charge on any atom is 1.00 e. The Balaban J connectivity index is 0.00000241. The molecule has 0 radical (unpaired) electrons. The van der Waals surface area contributed by atoms with Crippen LogP contribution in [0, 0.1) is 0 Å². The van der Waals surface area contributed by atoms with Gasteiger partial charge in [-0.2, -0.15) is 0 Å². The molecule has 0 aliphatic rings. The number of pyridine rings is 1. The fourth-order valence-corrected chi connectivity index (χ4v) is 4.85. The molecule has 0 fully saturated rings. The first-order chi connectivity index (χ1) is 16.4. The quantitative estimate of drug-likeness (QED) is 0.0826. The Morgan fingerprint density at radius 3 is 2.19 bits per heavy atom. The number of aliphatic carboxylic acids is 1. The number of carbonyl (C=O) groups excluding carboxylic acids is 1. The largest absolute Gasteiger partial charge is 1.00 e. The van der Waals surface area contributed by atoms with Crippen LogP contribution in [0.15, 0.2) is 63.0 Å². The van der Waals surface area contributed by atoms with Gasteiger partial charge in [-0.25, -0.2) is 26.4 Å². The van der Waals surface area contributed by atoms with Crippen molar-refractivity contribution in [3.63, 3.8) is 0 Å². The van der Waals surface area contributed by atoms with Gasteiger partial charge in [0.2, 0.25) is 5.89 Å². The number of hydrogen-bond acceptors (Lipinski definition) is 10. The second kappa shape index (κ2) is 12.6. The van der Waals surface area contributed by atoms with E-state index in [1.807, 2.05) is 4.57 Å². The number of fused-ring (bicyclic) bond motifs is 3. The van der Waals surface area contributed by atoms with E-state index in [1.54, 1.807) is 24.5 Å². The van der Waals surface area contributed by atoms with Gasteiger partial charge >= 0.3 is 59.1 Å². The Morgan fingerprint density at radius 1 is 0.919 bits per heavy atom. The monoisotopic (exact) mass is 564 g/mol. The van der Waals surface area contributed by atoms with Crippen LogP contribution in [-0.4, -0.2) is 36.9 Å². The molecule has 2 aromatic heterocycles. The van der Waals surface area contributed by atoms with Crippen molar-refractivity contribution in [3.05, 3.63) is 48.8 Å². The first kappa shape index (κ1) is 31.8. The van der Waals surface area contributed by atoms with Crippen molar-refractivity contribution in [2.75, 3.05) is 0 Å². The third-order valence-corrected chi connectivity index (χ3v) is 7.08. The van der Waals surface area contributed by atoms with Crippen LogP contribution in [0.3, 0.4) is 0 Å². The molecule has 0 N–H and O–H groups in total. The minimum atomic E-state index is -5.02. The minimum Gasteiger partial charge on any atom is -0.744 e. The van der Waals surface area contributed by atoms with Gasteiger partial charge in [-0.05, 0) is 42.8 Å². The molecule has 11 nitrogen and oxygen atoms in total. The van der Waals surface area contributed by atoms with Crippen LogP contribution < -0.4 is 68.8 Å². The van der Waals surface area contributed by atoms with Crippen LogP contribution in [0.4, 0.5) is 0 Å². The van der Waals surface area contributed by atoms with Crippen LogP contribution in [0.5, 0.6) is 0 Å². The number of benzene rings is 2. The summed E-state index contributed by atoms with van der Waals surface area (Å²) in [5, 5.41) is 10.8. The molecule has 37 heavy (non-hydrogen) atoms. The van der Waals surface area contributed by atoms with Crippen molar-refractivity contribution in [1.29, 1.82) is 0 Å². The van der Waals surface area contributed by atoms with E-state index in [2.05, 4.69) is 4.98 Å². The molecule has 4 rings (SSSR count). The second-order valence-electron chi connectivity index (χ2n) is 7.87. The van der Waals surface area contributed by atoms with Gasteiger partial charge in [0, 0.05) is 35.5 Å². The summed E-state index contributed by atoms with van der Waals surface area (Å²) in [5.74, 6) is -1.03. The molecular weight excluding hydrogens is 546 g/mol. The molecule has 0 amide bonds. The van der Waals surface area contributed by atoms with E-state index in [0.29, 0.717) is 23.9 Å². The number of hydrogen-bond donors (Lipinski definition) is 0. The zero-order chi connectivity index (χ0) is 25.4. The molecular formula is C22H18N2Na2O9S2. The number of carbonyl (C=O) groups is 1. The van der Waals surface area contributed by atoms with E-state index in [9.17, 15) is 35.8 Å². The zero-order valence-corrected chi connectivity index (χ0v) is 25.7. The summed E-state index contributed by atoms with van der Waals surface area (Å²) in [7, 11) is -9.83. The van der Waals surface area contributed by atoms with Gasteiger partial charge in [0.1, 0.15) is 32.3 Å². The maximum atomic E-state index is 11.9. The van der Waals surface area contributed by atoms with Gasteiger partial charge in [0.15, 0.2) is 18.0 Å². The smallest absolute Gasteiger partial charge is 0.744 e. The topological polar surface area (TPSA) is 184 Å². The van der Waals surface area contributed by atoms with Gasteiger partial charge in [-0.3, -0.25) is 0 Å². The van der Waals surface area contributed by atoms with E-state index in [-0.39, 0.29) is 87.9 Å². The fourth-order valence-electron chi connectivity index (χ4n) is 3.71. The molecule has 2 aromatic carbocycles. The van der Waals surface area contributed by atoms with Gasteiger partial charge in [0.05, 0.1) is 9.79 Å². The van der Waals surface area contributed by atoms with Crippen molar-refractivity contribution in [2.45, 2.75) is 42.0 Å². The van der Waals surface area contributed by atoms with Crippen LogP contribution in [-0.2, 0) is 31.6 Å². The first-order valence-corrected chi connectivity index (χ1v) is 13.2. The Labute approximate surface area is 257 Å². The molecule has 4 aromatic rings. The number of aryl methyl sites for hydroxylation is 1. The van der Waals surface area contributed by atoms with Gasteiger partial charge in [-0.15, -0.1) is 0 Å². The summed E-state index contributed by atoms with van der Waals surface area (Å²) >= 11 is 0. The predicted octanol–water partition coefficient (Wildman–Crippen LogP) is -4.94. The molecule has 0 aliphatic carbocycles. The van der Waals surface area contributed by atoms with Gasteiger partial charge < -0.3 is 23.4 Å². The first-order valence-electron chi connectivity index (χ1n) is 10.4. The summed E-state index contributed by atoms with van der Waals surface area (Å²) in [6, 6.07) is 7.68. The van der Waals surface area contributed by atoms with Crippen LogP contribution in [0.25, 0.3) is 33.3 Å². The number of carboxylic acid groups (broad SMARTS) is 1. The van der Waals surface area contributed by atoms with E-state index < -0.39 is 36.0 Å². The second-order valence-corrected chi connectivity index (χ2v) is 10.6. The predicted molar refractivity (Wildman–Crippen MR) is 117 cm³/mol. The third kappa shape index (κ3) is 7.60. The van der Waals surface area contributed by atoms with Gasteiger partial charge in [-0.1, -0.05) is 6.07 Å². The van der Waals surface area contributed by atoms with Crippen LogP contribution in [0.1, 0.15) is 25.7 Å². The van der Waals surface area contributed by atoms with Crippen molar-refractivity contribution in [1.82, 2.24) is 4.98 Å². The molecule has 184 valence electrons. The Kier molecular flexibility index (Phi) is 10.9. The Hall–Kier alpha value is -1.39. The summed E-state index contributed by atoms with van der Waals surface area (Å²) in [4.78, 5) is 13.5. The SMILES string of the molecule is O=C([O-])CCCCC[n+]1ccc(-c2nc3c(o2)c(S(=O)(=O)[O-])cc2cc(S(=O)(=O)[O-])ccc23)cc1.[Na+].[Na+]. The molecule has 2 heterocycles. The van der Waals surface area contributed by atoms with Crippen LogP contribution >= 0.6 is 0 Å². The van der Waals surface area contributed by atoms with Crippen molar-refractivity contribution < 1.29 is 104 Å². The van der Waals surface area contributed by atoms with E-state index in [4.69, 9.17) is 4.42 Å². The summed E-state index contributed by atoms with van der Waals surface area (Å²) in [6.07, 6.45) is 5.53. The normalized spacial score (nSPS) is 11.7. The summed E-state index contributed by atoms with van der Waals surface area (Å²) < 4.78 is 77.3. The number of oxazole rings is 1. The molecule has 0 saturated carbocycles. The van der Waals surface area contributed by atoms with Crippen molar-refractivity contribution in [2.24, 2.45) is 0 Å². The number of aromatic nitrogens is 2. The van der Waals surface area contributed by atoms with Gasteiger partial charge in [0.25, 0.3) is 0 Å². The maximum absolute atomic E-state index is 11.9. The van der Waals surface area contributed by atoms with Crippen molar-refractivity contribution in [3.8, 4) is 11.5 Å². The minimum absolute atomic E-state index is 0. The standard InChI is InChI=1S/C22H20N2O9S2.2Na/c25-19(26)4-2-1-3-9-24-10-7-14(8-11-24)22-23-20-17-6-5-16(34(27,28)29)12-15(17)13-18(21(20)33-22)35(30,31)32;;/h5-8,10-13H,1-4,9H2,(H2-,25,26,27,28,29,30,31,32);;/q;2*+1/p-2. The molecule has 0 unspecified atom stereocenters. The molecule has 0 aliphatic heterocycles. The average molecular weight is 565 g/mol. The summed E-state index contributed by atoms with van der Waals surface area (Å²) in [5.41, 5.74) is 0.256. The molecule has 0 saturated heterocycles. The fraction of sp³-hybridized carbons (Fsp3) is 0.227. The van der Waals surface area contributed by atoms with Crippen molar-refractivity contribution >= 4 is 48.1 Å². The van der Waals surface area contributed by atoms with E-state index >= 15 is 0 Å². The molecule has 15 heteroatoms. The zero-order valence-electron chi connectivity index (χ0n) is 20.0. The van der Waals surface area contributed by atoms with Crippen LogP contribution in [0.2, 0.25) is 0 Å². The molecule has 0 spiro atoms.